The predicted molar refractivity (Wildman–Crippen MR) is 105 cm³/mol. The maximum atomic E-state index is 12.9. The molecular formula is C19H26N6O3. The number of benzene rings is 1. The lowest BCUT2D eigenvalue weighted by atomic mass is 10.1. The summed E-state index contributed by atoms with van der Waals surface area (Å²) >= 11 is 0. The monoisotopic (exact) mass is 386 g/mol. The number of hydrogen-bond acceptors (Lipinski definition) is 5. The molecule has 0 bridgehead atoms. The van der Waals surface area contributed by atoms with E-state index in [1.165, 1.54) is 0 Å². The third-order valence-electron chi connectivity index (χ3n) is 5.71. The fourth-order valence-electron chi connectivity index (χ4n) is 4.00. The molecular weight excluding hydrogens is 360 g/mol. The van der Waals surface area contributed by atoms with Gasteiger partial charge in [0.05, 0.1) is 17.4 Å². The Morgan fingerprint density at radius 1 is 1.07 bits per heavy atom. The Kier molecular flexibility index (Phi) is 5.08. The summed E-state index contributed by atoms with van der Waals surface area (Å²) in [4.78, 5) is 44.2. The van der Waals surface area contributed by atoms with Gasteiger partial charge in [-0.2, -0.15) is 0 Å². The van der Waals surface area contributed by atoms with Crippen LogP contribution in [0.15, 0.2) is 24.3 Å². The Hall–Kier alpha value is -2.81. The first-order chi connectivity index (χ1) is 13.5. The molecule has 0 radical (unpaired) electrons. The van der Waals surface area contributed by atoms with Crippen LogP contribution in [-0.2, 0) is 9.59 Å². The van der Waals surface area contributed by atoms with Gasteiger partial charge < -0.3 is 30.2 Å². The maximum Gasteiger partial charge on any atom is 0.322 e. The normalized spacial score (nSPS) is 23.3. The van der Waals surface area contributed by atoms with Gasteiger partial charge in [-0.3, -0.25) is 9.59 Å². The Bertz CT molecular complexity index is 777. The SMILES string of the molecule is CN1CCN(c2ccccc2NC(=O)N2CCN3C(=O)C(=O)NC[C@H]3C2)CC1. The molecule has 0 unspecified atom stereocenters. The molecule has 9 heteroatoms. The minimum absolute atomic E-state index is 0.169. The minimum atomic E-state index is -0.560. The molecule has 28 heavy (non-hydrogen) atoms. The van der Waals surface area contributed by atoms with E-state index in [9.17, 15) is 14.4 Å². The van der Waals surface area contributed by atoms with Gasteiger partial charge in [0.1, 0.15) is 0 Å². The van der Waals surface area contributed by atoms with Crippen molar-refractivity contribution < 1.29 is 14.4 Å². The molecule has 0 aliphatic carbocycles. The van der Waals surface area contributed by atoms with E-state index in [2.05, 4.69) is 27.5 Å². The van der Waals surface area contributed by atoms with E-state index < -0.39 is 11.8 Å². The first-order valence-electron chi connectivity index (χ1n) is 9.70. The molecule has 4 amide bonds. The maximum absolute atomic E-state index is 12.9. The molecule has 2 N–H and O–H groups in total. The van der Waals surface area contributed by atoms with Gasteiger partial charge >= 0.3 is 17.8 Å². The number of carbonyl (C=O) groups excluding carboxylic acids is 3. The zero-order chi connectivity index (χ0) is 19.7. The molecule has 9 nitrogen and oxygen atoms in total. The molecule has 4 rings (SSSR count). The quantitative estimate of drug-likeness (QED) is 0.676. The van der Waals surface area contributed by atoms with Gasteiger partial charge in [-0.05, 0) is 19.2 Å². The van der Waals surface area contributed by atoms with Crippen LogP contribution in [0, 0.1) is 0 Å². The number of nitrogens with zero attached hydrogens (tertiary/aromatic N) is 4. The molecule has 1 aromatic carbocycles. The lowest BCUT2D eigenvalue weighted by Gasteiger charge is -2.43. The molecule has 3 saturated heterocycles. The van der Waals surface area contributed by atoms with Gasteiger partial charge in [-0.15, -0.1) is 0 Å². The predicted octanol–water partition coefficient (Wildman–Crippen LogP) is -0.387. The molecule has 150 valence electrons. The van der Waals surface area contributed by atoms with Gasteiger partial charge in [0.25, 0.3) is 0 Å². The topological polar surface area (TPSA) is 88.2 Å². The largest absolute Gasteiger partial charge is 0.367 e. The molecule has 1 aromatic rings. The molecule has 1 atom stereocenters. The number of hydrogen-bond donors (Lipinski definition) is 2. The number of carbonyl (C=O) groups is 3. The highest BCUT2D eigenvalue weighted by molar-refractivity contribution is 6.35. The van der Waals surface area contributed by atoms with Crippen LogP contribution in [0.1, 0.15) is 0 Å². The first-order valence-corrected chi connectivity index (χ1v) is 9.70. The summed E-state index contributed by atoms with van der Waals surface area (Å²) in [6, 6.07) is 7.52. The lowest BCUT2D eigenvalue weighted by molar-refractivity contribution is -0.152. The number of rotatable bonds is 2. The number of para-hydroxylation sites is 2. The van der Waals surface area contributed by atoms with E-state index in [4.69, 9.17) is 0 Å². The van der Waals surface area contributed by atoms with Crippen LogP contribution in [0.4, 0.5) is 16.2 Å². The van der Waals surface area contributed by atoms with Gasteiger partial charge in [0.2, 0.25) is 0 Å². The third-order valence-corrected chi connectivity index (χ3v) is 5.71. The molecule has 3 fully saturated rings. The van der Waals surface area contributed by atoms with Gasteiger partial charge in [0, 0.05) is 52.4 Å². The summed E-state index contributed by atoms with van der Waals surface area (Å²) in [6.45, 7) is 5.42. The number of urea groups is 1. The second kappa shape index (κ2) is 7.67. The zero-order valence-corrected chi connectivity index (χ0v) is 16.1. The minimum Gasteiger partial charge on any atom is -0.367 e. The molecule has 0 aromatic heterocycles. The van der Waals surface area contributed by atoms with Crippen molar-refractivity contribution in [2.24, 2.45) is 0 Å². The standard InChI is InChI=1S/C19H26N6O3/c1-22-6-8-23(9-7-22)16-5-3-2-4-15(16)21-19(28)24-10-11-25-14(13-24)12-20-17(26)18(25)27/h2-5,14H,6-13H2,1H3,(H,20,26)(H,21,28)/t14-/m0/s1. The Morgan fingerprint density at radius 2 is 1.82 bits per heavy atom. The number of anilines is 2. The van der Waals surface area contributed by atoms with Gasteiger partial charge in [-0.1, -0.05) is 12.1 Å². The summed E-state index contributed by atoms with van der Waals surface area (Å²) < 4.78 is 0. The van der Waals surface area contributed by atoms with Gasteiger partial charge in [0.15, 0.2) is 0 Å². The second-order valence-corrected chi connectivity index (χ2v) is 7.55. The number of piperazine rings is 3. The van der Waals surface area contributed by atoms with Crippen molar-refractivity contribution >= 4 is 29.2 Å². The van der Waals surface area contributed by atoms with Crippen molar-refractivity contribution in [1.29, 1.82) is 0 Å². The van der Waals surface area contributed by atoms with Crippen LogP contribution in [-0.4, -0.2) is 98.0 Å². The van der Waals surface area contributed by atoms with Crippen molar-refractivity contribution in [2.45, 2.75) is 6.04 Å². The van der Waals surface area contributed by atoms with Crippen molar-refractivity contribution in [1.82, 2.24) is 20.0 Å². The van der Waals surface area contributed by atoms with Crippen molar-refractivity contribution in [3.63, 3.8) is 0 Å². The van der Waals surface area contributed by atoms with E-state index in [0.29, 0.717) is 26.2 Å². The van der Waals surface area contributed by atoms with Crippen LogP contribution in [0.3, 0.4) is 0 Å². The van der Waals surface area contributed by atoms with Crippen molar-refractivity contribution in [3.05, 3.63) is 24.3 Å². The Morgan fingerprint density at radius 3 is 2.61 bits per heavy atom. The van der Waals surface area contributed by atoms with E-state index in [-0.39, 0.29) is 12.1 Å². The average Bonchev–Trinajstić information content (AvgIpc) is 2.71. The van der Waals surface area contributed by atoms with E-state index >= 15 is 0 Å². The highest BCUT2D eigenvalue weighted by Crippen LogP contribution is 2.27. The van der Waals surface area contributed by atoms with E-state index in [1.807, 2.05) is 24.3 Å². The molecule has 3 aliphatic rings. The fraction of sp³-hybridized carbons (Fsp3) is 0.526. The van der Waals surface area contributed by atoms with Crippen LogP contribution in [0.2, 0.25) is 0 Å². The summed E-state index contributed by atoms with van der Waals surface area (Å²) in [7, 11) is 2.11. The molecule has 3 heterocycles. The molecule has 3 aliphatic heterocycles. The number of amides is 4. The Labute approximate surface area is 164 Å². The van der Waals surface area contributed by atoms with Crippen LogP contribution < -0.4 is 15.5 Å². The number of likely N-dealkylation sites (N-methyl/N-ethyl adjacent to an activating group) is 1. The number of nitrogens with one attached hydrogen (secondary N) is 2. The Balaban J connectivity index is 1.42. The highest BCUT2D eigenvalue weighted by Gasteiger charge is 2.38. The smallest absolute Gasteiger partial charge is 0.322 e. The van der Waals surface area contributed by atoms with Crippen LogP contribution in [0.25, 0.3) is 0 Å². The first kappa shape index (κ1) is 18.5. The zero-order valence-electron chi connectivity index (χ0n) is 16.1. The van der Waals surface area contributed by atoms with Crippen LogP contribution >= 0.6 is 0 Å². The molecule has 0 saturated carbocycles. The summed E-state index contributed by atoms with van der Waals surface area (Å²) in [5.74, 6) is -1.06. The summed E-state index contributed by atoms with van der Waals surface area (Å²) in [5, 5.41) is 5.64. The average molecular weight is 386 g/mol. The van der Waals surface area contributed by atoms with E-state index in [1.54, 1.807) is 9.80 Å². The third kappa shape index (κ3) is 3.62. The van der Waals surface area contributed by atoms with Gasteiger partial charge in [-0.25, -0.2) is 4.79 Å². The fourth-order valence-corrected chi connectivity index (χ4v) is 4.00. The number of fused-ring (bicyclic) bond motifs is 1. The molecule has 0 spiro atoms. The lowest BCUT2D eigenvalue weighted by Crippen LogP contribution is -2.66. The summed E-state index contributed by atoms with van der Waals surface area (Å²) in [6.07, 6.45) is 0. The van der Waals surface area contributed by atoms with Crippen LogP contribution in [0.5, 0.6) is 0 Å². The summed E-state index contributed by atoms with van der Waals surface area (Å²) in [5.41, 5.74) is 1.83. The van der Waals surface area contributed by atoms with Crippen molar-refractivity contribution in [2.75, 3.05) is 69.6 Å². The van der Waals surface area contributed by atoms with Crippen molar-refractivity contribution in [3.8, 4) is 0 Å². The van der Waals surface area contributed by atoms with E-state index in [0.717, 1.165) is 37.6 Å². The second-order valence-electron chi connectivity index (χ2n) is 7.55. The highest BCUT2D eigenvalue weighted by atomic mass is 16.2.